The van der Waals surface area contributed by atoms with Crippen molar-refractivity contribution >= 4 is 39.6 Å². The highest BCUT2D eigenvalue weighted by Gasteiger charge is 2.06. The number of hydrogen-bond donors (Lipinski definition) is 2. The molecule has 0 fully saturated rings. The van der Waals surface area contributed by atoms with Crippen LogP contribution in [0.15, 0.2) is 64.2 Å². The van der Waals surface area contributed by atoms with E-state index in [0.29, 0.717) is 5.69 Å². The summed E-state index contributed by atoms with van der Waals surface area (Å²) in [6.45, 7) is 0. The first-order chi connectivity index (χ1) is 11.1. The fourth-order valence-corrected chi connectivity index (χ4v) is 2.19. The third kappa shape index (κ3) is 6.44. The summed E-state index contributed by atoms with van der Waals surface area (Å²) in [7, 11) is 0. The average Bonchev–Trinajstić information content (AvgIpc) is 2.54. The van der Waals surface area contributed by atoms with Gasteiger partial charge in [0.05, 0.1) is 6.21 Å². The molecule has 6 heteroatoms. The zero-order valence-electron chi connectivity index (χ0n) is 12.3. The maximum absolute atomic E-state index is 11.8. The molecule has 23 heavy (non-hydrogen) atoms. The Morgan fingerprint density at radius 1 is 1.00 bits per heavy atom. The molecule has 0 radical (unpaired) electrons. The van der Waals surface area contributed by atoms with Gasteiger partial charge in [-0.3, -0.25) is 9.59 Å². The number of benzene rings is 2. The lowest BCUT2D eigenvalue weighted by Gasteiger charge is -2.05. The molecule has 0 unspecified atom stereocenters. The van der Waals surface area contributed by atoms with E-state index in [-0.39, 0.29) is 24.7 Å². The molecule has 0 heterocycles. The summed E-state index contributed by atoms with van der Waals surface area (Å²) in [5.74, 6) is -0.521. The van der Waals surface area contributed by atoms with Crippen molar-refractivity contribution in [2.45, 2.75) is 12.8 Å². The standard InChI is InChI=1S/C17H16BrN3O2/c18-14-7-4-8-15(11-14)20-16(22)9-10-17(23)21-19-12-13-5-2-1-3-6-13/h1-8,11-12H,9-10H2,(H,20,22)(H,21,23). The van der Waals surface area contributed by atoms with Gasteiger partial charge in [-0.15, -0.1) is 0 Å². The monoisotopic (exact) mass is 373 g/mol. The van der Waals surface area contributed by atoms with Crippen LogP contribution >= 0.6 is 15.9 Å². The summed E-state index contributed by atoms with van der Waals surface area (Å²) in [4.78, 5) is 23.4. The van der Waals surface area contributed by atoms with E-state index >= 15 is 0 Å². The molecule has 2 rings (SSSR count). The summed E-state index contributed by atoms with van der Waals surface area (Å²) in [5.41, 5.74) is 3.98. The molecule has 0 aliphatic rings. The van der Waals surface area contributed by atoms with Gasteiger partial charge >= 0.3 is 0 Å². The van der Waals surface area contributed by atoms with Gasteiger partial charge in [0.2, 0.25) is 11.8 Å². The Bertz CT molecular complexity index is 702. The maximum Gasteiger partial charge on any atom is 0.240 e. The van der Waals surface area contributed by atoms with Gasteiger partial charge < -0.3 is 5.32 Å². The first kappa shape index (κ1) is 16.9. The molecular formula is C17H16BrN3O2. The van der Waals surface area contributed by atoms with Crippen molar-refractivity contribution in [1.29, 1.82) is 0 Å². The second kappa shape index (κ2) is 8.85. The molecule has 2 amide bonds. The van der Waals surface area contributed by atoms with Crippen LogP contribution in [0.2, 0.25) is 0 Å². The van der Waals surface area contributed by atoms with Crippen LogP contribution in [0, 0.1) is 0 Å². The number of anilines is 1. The van der Waals surface area contributed by atoms with E-state index in [1.165, 1.54) is 0 Å². The van der Waals surface area contributed by atoms with Gasteiger partial charge in [0.1, 0.15) is 0 Å². The van der Waals surface area contributed by atoms with Crippen molar-refractivity contribution in [2.24, 2.45) is 5.10 Å². The topological polar surface area (TPSA) is 70.6 Å². The molecule has 118 valence electrons. The van der Waals surface area contributed by atoms with Crippen molar-refractivity contribution in [3.63, 3.8) is 0 Å². The van der Waals surface area contributed by atoms with Gasteiger partial charge in [-0.25, -0.2) is 5.43 Å². The first-order valence-electron chi connectivity index (χ1n) is 7.06. The number of rotatable bonds is 6. The quantitative estimate of drug-likeness (QED) is 0.602. The predicted octanol–water partition coefficient (Wildman–Crippen LogP) is 3.32. The smallest absolute Gasteiger partial charge is 0.240 e. The fraction of sp³-hybridized carbons (Fsp3) is 0.118. The van der Waals surface area contributed by atoms with Crippen molar-refractivity contribution in [1.82, 2.24) is 5.43 Å². The molecule has 5 nitrogen and oxygen atoms in total. The Morgan fingerprint density at radius 3 is 2.48 bits per heavy atom. The number of carbonyl (C=O) groups is 2. The number of halogens is 1. The van der Waals surface area contributed by atoms with Crippen molar-refractivity contribution in [2.75, 3.05) is 5.32 Å². The minimum Gasteiger partial charge on any atom is -0.326 e. The molecule has 0 aliphatic carbocycles. The highest BCUT2D eigenvalue weighted by atomic mass is 79.9. The van der Waals surface area contributed by atoms with E-state index in [9.17, 15) is 9.59 Å². The van der Waals surface area contributed by atoms with E-state index in [0.717, 1.165) is 10.0 Å². The van der Waals surface area contributed by atoms with E-state index in [4.69, 9.17) is 0 Å². The van der Waals surface area contributed by atoms with Gasteiger partial charge in [-0.05, 0) is 23.8 Å². The Morgan fingerprint density at radius 2 is 1.74 bits per heavy atom. The van der Waals surface area contributed by atoms with Gasteiger partial charge in [0, 0.05) is 23.0 Å². The van der Waals surface area contributed by atoms with Crippen LogP contribution in [-0.2, 0) is 9.59 Å². The van der Waals surface area contributed by atoms with Gasteiger partial charge in [0.15, 0.2) is 0 Å². The zero-order chi connectivity index (χ0) is 16.5. The van der Waals surface area contributed by atoms with E-state index < -0.39 is 0 Å². The first-order valence-corrected chi connectivity index (χ1v) is 7.85. The molecule has 2 N–H and O–H groups in total. The van der Waals surface area contributed by atoms with Crippen LogP contribution in [-0.4, -0.2) is 18.0 Å². The van der Waals surface area contributed by atoms with E-state index in [2.05, 4.69) is 31.8 Å². The molecule has 0 saturated heterocycles. The van der Waals surface area contributed by atoms with Crippen molar-refractivity contribution < 1.29 is 9.59 Å². The van der Waals surface area contributed by atoms with Gasteiger partial charge in [-0.1, -0.05) is 52.3 Å². The van der Waals surface area contributed by atoms with Crippen molar-refractivity contribution in [3.05, 3.63) is 64.6 Å². The predicted molar refractivity (Wildman–Crippen MR) is 94.2 cm³/mol. The highest BCUT2D eigenvalue weighted by molar-refractivity contribution is 9.10. The third-order valence-corrected chi connectivity index (χ3v) is 3.38. The lowest BCUT2D eigenvalue weighted by atomic mass is 10.2. The molecule has 2 aromatic rings. The normalized spacial score (nSPS) is 10.5. The lowest BCUT2D eigenvalue weighted by Crippen LogP contribution is -2.20. The second-order valence-electron chi connectivity index (χ2n) is 4.76. The van der Waals surface area contributed by atoms with Crippen LogP contribution in [0.3, 0.4) is 0 Å². The Labute approximate surface area is 142 Å². The van der Waals surface area contributed by atoms with Crippen LogP contribution in [0.5, 0.6) is 0 Å². The maximum atomic E-state index is 11.8. The number of nitrogens with one attached hydrogen (secondary N) is 2. The Balaban J connectivity index is 1.71. The molecule has 0 atom stereocenters. The molecule has 0 aromatic heterocycles. The zero-order valence-corrected chi connectivity index (χ0v) is 13.9. The van der Waals surface area contributed by atoms with Crippen LogP contribution in [0.25, 0.3) is 0 Å². The van der Waals surface area contributed by atoms with Gasteiger partial charge in [-0.2, -0.15) is 5.10 Å². The number of hydrogen-bond acceptors (Lipinski definition) is 3. The number of nitrogens with zero attached hydrogens (tertiary/aromatic N) is 1. The van der Waals surface area contributed by atoms with Crippen LogP contribution < -0.4 is 10.7 Å². The SMILES string of the molecule is O=C(CCC(=O)Nc1cccc(Br)c1)NN=Cc1ccccc1. The third-order valence-electron chi connectivity index (χ3n) is 2.89. The summed E-state index contributed by atoms with van der Waals surface area (Å²) >= 11 is 3.33. The summed E-state index contributed by atoms with van der Waals surface area (Å²) in [6.07, 6.45) is 1.73. The number of hydrazone groups is 1. The number of amides is 2. The average molecular weight is 374 g/mol. The van der Waals surface area contributed by atoms with Gasteiger partial charge in [0.25, 0.3) is 0 Å². The summed E-state index contributed by atoms with van der Waals surface area (Å²) in [6, 6.07) is 16.7. The lowest BCUT2D eigenvalue weighted by molar-refractivity contribution is -0.124. The second-order valence-corrected chi connectivity index (χ2v) is 5.68. The molecule has 0 bridgehead atoms. The van der Waals surface area contributed by atoms with Crippen LogP contribution in [0.1, 0.15) is 18.4 Å². The van der Waals surface area contributed by atoms with Crippen molar-refractivity contribution in [3.8, 4) is 0 Å². The Hall–Kier alpha value is -2.47. The minimum atomic E-state index is -0.304. The van der Waals surface area contributed by atoms with Crippen LogP contribution in [0.4, 0.5) is 5.69 Å². The van der Waals surface area contributed by atoms with E-state index in [1.54, 1.807) is 18.3 Å². The molecule has 0 saturated carbocycles. The highest BCUT2D eigenvalue weighted by Crippen LogP contribution is 2.15. The van der Waals surface area contributed by atoms with E-state index in [1.807, 2.05) is 42.5 Å². The summed E-state index contributed by atoms with van der Waals surface area (Å²) < 4.78 is 0.878. The number of carbonyl (C=O) groups excluding carboxylic acids is 2. The molecular weight excluding hydrogens is 358 g/mol. The summed E-state index contributed by atoms with van der Waals surface area (Å²) in [5, 5.41) is 6.59. The largest absolute Gasteiger partial charge is 0.326 e. The Kier molecular flexibility index (Phi) is 6.50. The molecule has 0 spiro atoms. The molecule has 2 aromatic carbocycles. The fourth-order valence-electron chi connectivity index (χ4n) is 1.79. The molecule has 0 aliphatic heterocycles. The minimum absolute atomic E-state index is 0.0754.